The third-order valence-electron chi connectivity index (χ3n) is 2.53. The number of fused-ring (bicyclic) bond motifs is 1. The summed E-state index contributed by atoms with van der Waals surface area (Å²) in [5.74, 6) is -0.726. The van der Waals surface area contributed by atoms with Crippen molar-refractivity contribution in [2.75, 3.05) is 6.61 Å². The minimum absolute atomic E-state index is 0.326. The van der Waals surface area contributed by atoms with E-state index in [1.54, 1.807) is 24.3 Å². The average Bonchev–Trinajstić information content (AvgIpc) is 2.37. The summed E-state index contributed by atoms with van der Waals surface area (Å²) in [4.78, 5) is 11.8. The summed E-state index contributed by atoms with van der Waals surface area (Å²) in [5, 5.41) is 1.03. The molecule has 3 heteroatoms. The smallest absolute Gasteiger partial charge is 0.338 e. The second-order valence-corrected chi connectivity index (χ2v) is 3.78. The van der Waals surface area contributed by atoms with Crippen LogP contribution in [0.15, 0.2) is 36.4 Å². The fourth-order valence-electron chi connectivity index (χ4n) is 1.71. The highest BCUT2D eigenvalue weighted by molar-refractivity contribution is 6.04. The Kier molecular flexibility index (Phi) is 3.38. The summed E-state index contributed by atoms with van der Waals surface area (Å²) >= 11 is 0. The molecule has 0 bridgehead atoms. The van der Waals surface area contributed by atoms with Gasteiger partial charge in [-0.1, -0.05) is 31.2 Å². The van der Waals surface area contributed by atoms with Gasteiger partial charge in [-0.05, 0) is 23.9 Å². The van der Waals surface area contributed by atoms with Crippen LogP contribution in [0, 0.1) is 5.82 Å². The van der Waals surface area contributed by atoms with Crippen molar-refractivity contribution in [2.45, 2.75) is 13.3 Å². The van der Waals surface area contributed by atoms with Gasteiger partial charge in [-0.2, -0.15) is 0 Å². The highest BCUT2D eigenvalue weighted by Crippen LogP contribution is 2.22. The monoisotopic (exact) mass is 232 g/mol. The molecular weight excluding hydrogens is 219 g/mol. The molecule has 0 aliphatic heterocycles. The van der Waals surface area contributed by atoms with Gasteiger partial charge in [0, 0.05) is 5.39 Å². The molecule has 0 spiro atoms. The Hall–Kier alpha value is -1.90. The van der Waals surface area contributed by atoms with Crippen molar-refractivity contribution in [2.24, 2.45) is 0 Å². The van der Waals surface area contributed by atoms with Gasteiger partial charge in [0.15, 0.2) is 0 Å². The van der Waals surface area contributed by atoms with E-state index in [1.807, 2.05) is 6.92 Å². The lowest BCUT2D eigenvalue weighted by atomic mass is 10.0. The minimum atomic E-state index is -0.400. The number of carbonyl (C=O) groups is 1. The number of hydrogen-bond acceptors (Lipinski definition) is 2. The van der Waals surface area contributed by atoms with Gasteiger partial charge in [0.2, 0.25) is 0 Å². The summed E-state index contributed by atoms with van der Waals surface area (Å²) in [6, 6.07) is 9.66. The molecule has 0 aromatic heterocycles. The summed E-state index contributed by atoms with van der Waals surface area (Å²) in [6.07, 6.45) is 0.769. The van der Waals surface area contributed by atoms with E-state index < -0.39 is 5.97 Å². The van der Waals surface area contributed by atoms with Crippen molar-refractivity contribution in [1.29, 1.82) is 0 Å². The van der Waals surface area contributed by atoms with Crippen LogP contribution < -0.4 is 0 Å². The van der Waals surface area contributed by atoms with E-state index in [4.69, 9.17) is 4.74 Å². The van der Waals surface area contributed by atoms with Gasteiger partial charge in [0.1, 0.15) is 5.82 Å². The van der Waals surface area contributed by atoms with Crippen molar-refractivity contribution in [3.05, 3.63) is 47.8 Å². The molecule has 0 unspecified atom stereocenters. The molecule has 0 N–H and O–H groups in total. The second-order valence-electron chi connectivity index (χ2n) is 3.78. The molecule has 17 heavy (non-hydrogen) atoms. The first kappa shape index (κ1) is 11.6. The number of hydrogen-bond donors (Lipinski definition) is 0. The molecule has 0 amide bonds. The van der Waals surface area contributed by atoms with E-state index in [9.17, 15) is 9.18 Å². The van der Waals surface area contributed by atoms with Gasteiger partial charge in [-0.15, -0.1) is 0 Å². The summed E-state index contributed by atoms with van der Waals surface area (Å²) < 4.78 is 18.6. The minimum Gasteiger partial charge on any atom is -0.462 e. The molecule has 0 heterocycles. The Morgan fingerprint density at radius 2 is 1.88 bits per heavy atom. The van der Waals surface area contributed by atoms with E-state index in [1.165, 1.54) is 12.1 Å². The van der Waals surface area contributed by atoms with Crippen molar-refractivity contribution in [3.8, 4) is 0 Å². The molecule has 0 atom stereocenters. The first-order chi connectivity index (χ1) is 8.24. The Morgan fingerprint density at radius 3 is 2.59 bits per heavy atom. The molecule has 88 valence electrons. The van der Waals surface area contributed by atoms with E-state index >= 15 is 0 Å². The van der Waals surface area contributed by atoms with Gasteiger partial charge in [0.05, 0.1) is 12.2 Å². The molecule has 2 aromatic carbocycles. The molecule has 0 aliphatic carbocycles. The predicted molar refractivity (Wildman–Crippen MR) is 64.5 cm³/mol. The van der Waals surface area contributed by atoms with Crippen molar-refractivity contribution in [1.82, 2.24) is 0 Å². The van der Waals surface area contributed by atoms with Gasteiger partial charge >= 0.3 is 5.97 Å². The van der Waals surface area contributed by atoms with Crippen LogP contribution in [0.5, 0.6) is 0 Å². The third kappa shape index (κ3) is 2.28. The average molecular weight is 232 g/mol. The molecule has 0 radical (unpaired) electrons. The zero-order valence-electron chi connectivity index (χ0n) is 9.57. The van der Waals surface area contributed by atoms with E-state index in [0.717, 1.165) is 6.42 Å². The number of esters is 1. The molecule has 0 saturated carbocycles. The van der Waals surface area contributed by atoms with Gasteiger partial charge in [0.25, 0.3) is 0 Å². The molecule has 0 saturated heterocycles. The highest BCUT2D eigenvalue weighted by atomic mass is 19.1. The first-order valence-corrected chi connectivity index (χ1v) is 5.58. The maximum absolute atomic E-state index is 13.5. The van der Waals surface area contributed by atoms with Gasteiger partial charge in [-0.3, -0.25) is 0 Å². The zero-order valence-corrected chi connectivity index (χ0v) is 9.57. The fraction of sp³-hybridized carbons (Fsp3) is 0.214. The maximum Gasteiger partial charge on any atom is 0.338 e. The number of benzene rings is 2. The van der Waals surface area contributed by atoms with Crippen molar-refractivity contribution >= 4 is 16.7 Å². The lowest BCUT2D eigenvalue weighted by Crippen LogP contribution is -2.06. The standard InChI is InChI=1S/C14H13FO2/c1-2-9-17-14(16)12-7-8-13(15)11-6-4-3-5-10(11)12/h3-8H,2,9H2,1H3. The Balaban J connectivity index is 2.48. The van der Waals surface area contributed by atoms with Crippen LogP contribution >= 0.6 is 0 Å². The number of ether oxygens (including phenoxy) is 1. The SMILES string of the molecule is CCCOC(=O)c1ccc(F)c2ccccc12. The Morgan fingerprint density at radius 1 is 1.18 bits per heavy atom. The van der Waals surface area contributed by atoms with Crippen LogP contribution in [0.1, 0.15) is 23.7 Å². The largest absolute Gasteiger partial charge is 0.462 e. The normalized spacial score (nSPS) is 10.5. The number of halogens is 1. The zero-order chi connectivity index (χ0) is 12.3. The van der Waals surface area contributed by atoms with E-state index in [0.29, 0.717) is 22.9 Å². The molecular formula is C14H13FO2. The van der Waals surface area contributed by atoms with Crippen LogP contribution in [0.4, 0.5) is 4.39 Å². The van der Waals surface area contributed by atoms with Crippen molar-refractivity contribution in [3.63, 3.8) is 0 Å². The molecule has 0 fully saturated rings. The van der Waals surface area contributed by atoms with E-state index in [2.05, 4.69) is 0 Å². The second kappa shape index (κ2) is 4.95. The molecule has 0 aliphatic rings. The summed E-state index contributed by atoms with van der Waals surface area (Å²) in [6.45, 7) is 2.31. The predicted octanol–water partition coefficient (Wildman–Crippen LogP) is 3.55. The highest BCUT2D eigenvalue weighted by Gasteiger charge is 2.12. The summed E-state index contributed by atoms with van der Waals surface area (Å²) in [5.41, 5.74) is 0.412. The van der Waals surface area contributed by atoms with Crippen LogP contribution in [0.2, 0.25) is 0 Å². The van der Waals surface area contributed by atoms with Crippen LogP contribution in [-0.2, 0) is 4.74 Å². The van der Waals surface area contributed by atoms with Gasteiger partial charge < -0.3 is 4.74 Å². The Bertz CT molecular complexity index is 549. The van der Waals surface area contributed by atoms with Crippen LogP contribution in [-0.4, -0.2) is 12.6 Å². The van der Waals surface area contributed by atoms with Crippen LogP contribution in [0.25, 0.3) is 10.8 Å². The van der Waals surface area contributed by atoms with Gasteiger partial charge in [-0.25, -0.2) is 9.18 Å². The quantitative estimate of drug-likeness (QED) is 0.756. The lowest BCUT2D eigenvalue weighted by molar-refractivity contribution is 0.0507. The third-order valence-corrected chi connectivity index (χ3v) is 2.53. The number of carbonyl (C=O) groups excluding carboxylic acids is 1. The van der Waals surface area contributed by atoms with Crippen molar-refractivity contribution < 1.29 is 13.9 Å². The van der Waals surface area contributed by atoms with E-state index in [-0.39, 0.29) is 5.82 Å². The lowest BCUT2D eigenvalue weighted by Gasteiger charge is -2.07. The molecule has 2 nitrogen and oxygen atoms in total. The topological polar surface area (TPSA) is 26.3 Å². The maximum atomic E-state index is 13.5. The summed E-state index contributed by atoms with van der Waals surface area (Å²) in [7, 11) is 0. The molecule has 2 aromatic rings. The molecule has 2 rings (SSSR count). The number of rotatable bonds is 3. The first-order valence-electron chi connectivity index (χ1n) is 5.58. The fourth-order valence-corrected chi connectivity index (χ4v) is 1.71. The van der Waals surface area contributed by atoms with Crippen LogP contribution in [0.3, 0.4) is 0 Å². The Labute approximate surface area is 99.0 Å².